The van der Waals surface area contributed by atoms with Crippen molar-refractivity contribution in [3.63, 3.8) is 0 Å². The van der Waals surface area contributed by atoms with Crippen LogP contribution in [0.4, 0.5) is 0 Å². The fourth-order valence-electron chi connectivity index (χ4n) is 2.95. The van der Waals surface area contributed by atoms with Crippen LogP contribution in [0.2, 0.25) is 0 Å². The van der Waals surface area contributed by atoms with E-state index in [1.54, 1.807) is 15.3 Å². The molecule has 0 aliphatic carbocycles. The average molecular weight is 293 g/mol. The summed E-state index contributed by atoms with van der Waals surface area (Å²) in [6, 6.07) is 9.76. The van der Waals surface area contributed by atoms with Gasteiger partial charge in [0.25, 0.3) is 5.56 Å². The summed E-state index contributed by atoms with van der Waals surface area (Å²) in [6.07, 6.45) is 1.81. The second-order valence-corrected chi connectivity index (χ2v) is 5.61. The van der Waals surface area contributed by atoms with Crippen LogP contribution < -0.4 is 5.56 Å². The van der Waals surface area contributed by atoms with Crippen molar-refractivity contribution in [1.29, 1.82) is 0 Å². The third-order valence-electron chi connectivity index (χ3n) is 4.00. The van der Waals surface area contributed by atoms with Gasteiger partial charge in [-0.1, -0.05) is 36.9 Å². The van der Waals surface area contributed by atoms with E-state index in [0.29, 0.717) is 6.54 Å². The van der Waals surface area contributed by atoms with E-state index in [2.05, 4.69) is 11.7 Å². The average Bonchev–Trinajstić information content (AvgIpc) is 2.79. The molecule has 4 nitrogen and oxygen atoms in total. The Hall–Kier alpha value is -2.62. The number of fused-ring (bicyclic) bond motifs is 1. The minimum Gasteiger partial charge on any atom is -0.288 e. The Bertz CT molecular complexity index is 914. The van der Waals surface area contributed by atoms with Crippen LogP contribution in [0, 0.1) is 13.8 Å². The third-order valence-corrected chi connectivity index (χ3v) is 4.00. The monoisotopic (exact) mass is 293 g/mol. The van der Waals surface area contributed by atoms with Crippen LogP contribution in [0.25, 0.3) is 17.1 Å². The molecule has 3 rings (SSSR count). The minimum atomic E-state index is 0.000738. The van der Waals surface area contributed by atoms with Crippen LogP contribution in [-0.2, 0) is 13.6 Å². The highest BCUT2D eigenvalue weighted by Crippen LogP contribution is 2.20. The lowest BCUT2D eigenvalue weighted by Gasteiger charge is -2.11. The van der Waals surface area contributed by atoms with Crippen LogP contribution in [0.5, 0.6) is 0 Å². The maximum absolute atomic E-state index is 12.4. The number of aromatic nitrogens is 3. The molecule has 0 N–H and O–H groups in total. The van der Waals surface area contributed by atoms with E-state index in [0.717, 1.165) is 33.4 Å². The third kappa shape index (κ3) is 2.26. The van der Waals surface area contributed by atoms with Crippen molar-refractivity contribution in [3.8, 4) is 0 Å². The van der Waals surface area contributed by atoms with E-state index in [1.807, 2.05) is 51.2 Å². The molecule has 0 aliphatic rings. The van der Waals surface area contributed by atoms with Crippen molar-refractivity contribution < 1.29 is 0 Å². The number of rotatable bonds is 3. The number of hydrogen-bond donors (Lipinski definition) is 0. The lowest BCUT2D eigenvalue weighted by Crippen LogP contribution is -2.22. The molecule has 0 unspecified atom stereocenters. The Morgan fingerprint density at radius 1 is 1.23 bits per heavy atom. The zero-order valence-corrected chi connectivity index (χ0v) is 13.1. The van der Waals surface area contributed by atoms with Gasteiger partial charge in [-0.2, -0.15) is 5.10 Å². The molecular weight excluding hydrogens is 274 g/mol. The van der Waals surface area contributed by atoms with Crippen molar-refractivity contribution in [3.05, 3.63) is 69.6 Å². The summed E-state index contributed by atoms with van der Waals surface area (Å²) in [5.41, 5.74) is 4.95. The molecule has 4 heteroatoms. The van der Waals surface area contributed by atoms with Crippen molar-refractivity contribution in [2.45, 2.75) is 20.4 Å². The Balaban J connectivity index is 2.17. The van der Waals surface area contributed by atoms with Gasteiger partial charge in [0.15, 0.2) is 0 Å². The van der Waals surface area contributed by atoms with E-state index < -0.39 is 0 Å². The first kappa shape index (κ1) is 14.3. The summed E-state index contributed by atoms with van der Waals surface area (Å²) in [5, 5.41) is 5.53. The largest absolute Gasteiger partial charge is 0.288 e. The Morgan fingerprint density at radius 3 is 2.55 bits per heavy atom. The van der Waals surface area contributed by atoms with Crippen LogP contribution in [0.1, 0.15) is 22.4 Å². The number of aryl methyl sites for hydroxylation is 3. The molecule has 112 valence electrons. The normalized spacial score (nSPS) is 11.0. The molecule has 0 saturated heterocycles. The summed E-state index contributed by atoms with van der Waals surface area (Å²) in [5.74, 6) is 0. The number of nitrogens with zero attached hydrogens (tertiary/aromatic N) is 3. The lowest BCUT2D eigenvalue weighted by molar-refractivity contribution is 0.709. The van der Waals surface area contributed by atoms with Gasteiger partial charge in [-0.3, -0.25) is 14.0 Å². The summed E-state index contributed by atoms with van der Waals surface area (Å²) in [4.78, 5) is 12.4. The number of benzene rings is 1. The zero-order valence-electron chi connectivity index (χ0n) is 13.1. The quantitative estimate of drug-likeness (QED) is 0.744. The van der Waals surface area contributed by atoms with Crippen LogP contribution in [0.15, 0.2) is 41.7 Å². The van der Waals surface area contributed by atoms with Crippen LogP contribution in [0.3, 0.4) is 0 Å². The first-order valence-corrected chi connectivity index (χ1v) is 7.26. The Morgan fingerprint density at radius 2 is 1.91 bits per heavy atom. The fourth-order valence-corrected chi connectivity index (χ4v) is 2.95. The molecule has 0 radical (unpaired) electrons. The maximum Gasteiger partial charge on any atom is 0.252 e. The predicted octanol–water partition coefficient (Wildman–Crippen LogP) is 3.04. The summed E-state index contributed by atoms with van der Waals surface area (Å²) >= 11 is 0. The Kier molecular flexibility index (Phi) is 3.45. The van der Waals surface area contributed by atoms with Crippen molar-refractivity contribution >= 4 is 17.1 Å². The van der Waals surface area contributed by atoms with Crippen LogP contribution >= 0.6 is 0 Å². The minimum absolute atomic E-state index is 0.000738. The van der Waals surface area contributed by atoms with E-state index in [4.69, 9.17) is 0 Å². The summed E-state index contributed by atoms with van der Waals surface area (Å²) in [7, 11) is 1.88. The second kappa shape index (κ2) is 5.30. The van der Waals surface area contributed by atoms with E-state index in [1.165, 1.54) is 0 Å². The first-order valence-electron chi connectivity index (χ1n) is 7.26. The molecule has 0 amide bonds. The molecule has 2 heterocycles. The highest BCUT2D eigenvalue weighted by molar-refractivity contribution is 5.82. The lowest BCUT2D eigenvalue weighted by atomic mass is 10.1. The molecule has 1 aromatic carbocycles. The standard InChI is InChI=1S/C18H19N3O/c1-5-14-6-8-15(9-7-14)11-21-16(22)10-12(2)17-13(3)19-20(4)18(17)21/h5-10H,1,11H2,2-4H3. The smallest absolute Gasteiger partial charge is 0.252 e. The van der Waals surface area contributed by atoms with Gasteiger partial charge >= 0.3 is 0 Å². The zero-order chi connectivity index (χ0) is 15.9. The second-order valence-electron chi connectivity index (χ2n) is 5.61. The van der Waals surface area contributed by atoms with Crippen molar-refractivity contribution in [2.24, 2.45) is 7.05 Å². The summed E-state index contributed by atoms with van der Waals surface area (Å²) in [6.45, 7) is 8.23. The molecule has 2 aromatic heterocycles. The van der Waals surface area contributed by atoms with Crippen LogP contribution in [-0.4, -0.2) is 14.3 Å². The van der Waals surface area contributed by atoms with Gasteiger partial charge in [-0.15, -0.1) is 0 Å². The van der Waals surface area contributed by atoms with Gasteiger partial charge in [-0.25, -0.2) is 0 Å². The number of hydrogen-bond acceptors (Lipinski definition) is 2. The van der Waals surface area contributed by atoms with Gasteiger partial charge < -0.3 is 0 Å². The molecule has 0 spiro atoms. The maximum atomic E-state index is 12.4. The molecule has 0 aliphatic heterocycles. The first-order chi connectivity index (χ1) is 10.5. The summed E-state index contributed by atoms with van der Waals surface area (Å²) < 4.78 is 3.57. The van der Waals surface area contributed by atoms with Gasteiger partial charge in [0.05, 0.1) is 12.2 Å². The fraction of sp³-hybridized carbons (Fsp3) is 0.222. The molecule has 3 aromatic rings. The SMILES string of the molecule is C=Cc1ccc(Cn2c(=O)cc(C)c3c(C)nn(C)c32)cc1. The van der Waals surface area contributed by atoms with E-state index >= 15 is 0 Å². The molecule has 22 heavy (non-hydrogen) atoms. The highest BCUT2D eigenvalue weighted by Gasteiger charge is 2.14. The number of pyridine rings is 1. The topological polar surface area (TPSA) is 39.8 Å². The van der Waals surface area contributed by atoms with E-state index in [-0.39, 0.29) is 5.56 Å². The highest BCUT2D eigenvalue weighted by atomic mass is 16.1. The predicted molar refractivity (Wildman–Crippen MR) is 90.1 cm³/mol. The molecule has 0 atom stereocenters. The molecule has 0 saturated carbocycles. The van der Waals surface area contributed by atoms with Gasteiger partial charge in [0.1, 0.15) is 5.65 Å². The molecular formula is C18H19N3O. The molecule has 0 fully saturated rings. The molecule has 0 bridgehead atoms. The van der Waals surface area contributed by atoms with Gasteiger partial charge in [0, 0.05) is 18.5 Å². The van der Waals surface area contributed by atoms with Gasteiger partial charge in [0.2, 0.25) is 0 Å². The van der Waals surface area contributed by atoms with Crippen molar-refractivity contribution in [2.75, 3.05) is 0 Å². The van der Waals surface area contributed by atoms with Gasteiger partial charge in [-0.05, 0) is 30.5 Å². The Labute approximate surface area is 129 Å². The van der Waals surface area contributed by atoms with E-state index in [9.17, 15) is 4.79 Å². The van der Waals surface area contributed by atoms with Crippen molar-refractivity contribution in [1.82, 2.24) is 14.3 Å².